The molecule has 1 aromatic heterocycles. The summed E-state index contributed by atoms with van der Waals surface area (Å²) in [7, 11) is 4.03. The second-order valence-corrected chi connectivity index (χ2v) is 3.67. The van der Waals surface area contributed by atoms with Gasteiger partial charge in [-0.3, -0.25) is 0 Å². The average molecular weight is 159 g/mol. The van der Waals surface area contributed by atoms with Gasteiger partial charge in [-0.1, -0.05) is 0 Å². The Morgan fingerprint density at radius 3 is 2.44 bits per heavy atom. The summed E-state index contributed by atoms with van der Waals surface area (Å²) >= 11 is 5.92. The molecule has 0 fully saturated rings. The van der Waals surface area contributed by atoms with Crippen LogP contribution in [0.25, 0.3) is 0 Å². The predicted molar refractivity (Wildman–Crippen MR) is 45.9 cm³/mol. The summed E-state index contributed by atoms with van der Waals surface area (Å²) in [6.07, 6.45) is 0. The lowest BCUT2D eigenvalue weighted by Gasteiger charge is -2.09. The molecule has 0 aromatic carbocycles. The van der Waals surface area contributed by atoms with E-state index in [-0.39, 0.29) is 0 Å². The molecule has 0 N–H and O–H groups in total. The van der Waals surface area contributed by atoms with Gasteiger partial charge in [0.2, 0.25) is 0 Å². The van der Waals surface area contributed by atoms with Gasteiger partial charge in [-0.05, 0) is 11.4 Å². The molecule has 1 nitrogen and oxygen atoms in total. The number of hydrogen-bond acceptors (Lipinski definition) is 3. The third-order valence-corrected chi connectivity index (χ3v) is 2.36. The molecule has 0 atom stereocenters. The molecular formula is C6H9NS2. The van der Waals surface area contributed by atoms with E-state index < -0.39 is 0 Å². The molecule has 0 aliphatic carbocycles. The minimum Gasteiger partial charge on any atom is -0.376 e. The van der Waals surface area contributed by atoms with Crippen LogP contribution in [0.15, 0.2) is 15.7 Å². The largest absolute Gasteiger partial charge is 0.376 e. The maximum absolute atomic E-state index is 4.27. The molecule has 9 heavy (non-hydrogen) atoms. The minimum atomic E-state index is 1.08. The zero-order valence-electron chi connectivity index (χ0n) is 5.46. The summed E-state index contributed by atoms with van der Waals surface area (Å²) in [5, 5.41) is 2.04. The molecule has 1 heterocycles. The topological polar surface area (TPSA) is 3.24 Å². The fraction of sp³-hybridized carbons (Fsp3) is 0.333. The number of thiophene rings is 1. The zero-order valence-corrected chi connectivity index (χ0v) is 7.17. The van der Waals surface area contributed by atoms with E-state index in [1.54, 1.807) is 11.3 Å². The number of anilines is 1. The molecule has 3 heteroatoms. The summed E-state index contributed by atoms with van der Waals surface area (Å²) in [5.41, 5.74) is 1.20. The van der Waals surface area contributed by atoms with Gasteiger partial charge in [0.15, 0.2) is 0 Å². The SMILES string of the molecule is CN(C)c1ccsc1S. The number of thiol groups is 1. The van der Waals surface area contributed by atoms with E-state index >= 15 is 0 Å². The van der Waals surface area contributed by atoms with Crippen LogP contribution in [-0.2, 0) is 0 Å². The molecule has 50 valence electrons. The number of hydrogen-bond donors (Lipinski definition) is 1. The van der Waals surface area contributed by atoms with Crippen LogP contribution in [0.4, 0.5) is 5.69 Å². The van der Waals surface area contributed by atoms with Crippen molar-refractivity contribution in [2.45, 2.75) is 4.21 Å². The van der Waals surface area contributed by atoms with E-state index in [1.165, 1.54) is 5.69 Å². The first kappa shape index (κ1) is 6.96. The Kier molecular flexibility index (Phi) is 2.03. The van der Waals surface area contributed by atoms with E-state index in [1.807, 2.05) is 19.5 Å². The summed E-state index contributed by atoms with van der Waals surface area (Å²) in [5.74, 6) is 0. The Morgan fingerprint density at radius 2 is 2.22 bits per heavy atom. The molecule has 0 saturated heterocycles. The van der Waals surface area contributed by atoms with E-state index in [2.05, 4.69) is 23.6 Å². The van der Waals surface area contributed by atoms with Gasteiger partial charge in [-0.25, -0.2) is 0 Å². The second kappa shape index (κ2) is 2.62. The molecule has 0 aliphatic heterocycles. The monoisotopic (exact) mass is 159 g/mol. The van der Waals surface area contributed by atoms with Crippen molar-refractivity contribution in [1.29, 1.82) is 0 Å². The molecule has 0 radical (unpaired) electrons. The third-order valence-electron chi connectivity index (χ3n) is 1.11. The highest BCUT2D eigenvalue weighted by Crippen LogP contribution is 2.27. The second-order valence-electron chi connectivity index (χ2n) is 2.01. The van der Waals surface area contributed by atoms with Crippen molar-refractivity contribution in [2.75, 3.05) is 19.0 Å². The lowest BCUT2D eigenvalue weighted by molar-refractivity contribution is 1.12. The summed E-state index contributed by atoms with van der Waals surface area (Å²) in [6.45, 7) is 0. The lowest BCUT2D eigenvalue weighted by atomic mass is 10.5. The van der Waals surface area contributed by atoms with Gasteiger partial charge in [0.25, 0.3) is 0 Å². The van der Waals surface area contributed by atoms with Gasteiger partial charge in [-0.2, -0.15) is 0 Å². The number of nitrogens with zero attached hydrogens (tertiary/aromatic N) is 1. The molecule has 0 amide bonds. The van der Waals surface area contributed by atoms with Gasteiger partial charge < -0.3 is 4.90 Å². The van der Waals surface area contributed by atoms with Crippen molar-refractivity contribution in [3.8, 4) is 0 Å². The predicted octanol–water partition coefficient (Wildman–Crippen LogP) is 2.10. The van der Waals surface area contributed by atoms with Crippen LogP contribution in [0.5, 0.6) is 0 Å². The van der Waals surface area contributed by atoms with Crippen LogP contribution in [0.3, 0.4) is 0 Å². The van der Waals surface area contributed by atoms with Crippen LogP contribution in [0.1, 0.15) is 0 Å². The van der Waals surface area contributed by atoms with Gasteiger partial charge in [0.1, 0.15) is 0 Å². The smallest absolute Gasteiger partial charge is 0.0802 e. The standard InChI is InChI=1S/C6H9NS2/c1-7(2)5-3-4-9-6(5)8/h3-4,8H,1-2H3. The van der Waals surface area contributed by atoms with Crippen molar-refractivity contribution in [3.05, 3.63) is 11.4 Å². The summed E-state index contributed by atoms with van der Waals surface area (Å²) in [6, 6.07) is 2.06. The molecule has 0 spiro atoms. The molecule has 0 unspecified atom stereocenters. The quantitative estimate of drug-likeness (QED) is 0.614. The van der Waals surface area contributed by atoms with Crippen molar-refractivity contribution in [2.24, 2.45) is 0 Å². The Labute approximate surface area is 64.7 Å². The zero-order chi connectivity index (χ0) is 6.85. The highest BCUT2D eigenvalue weighted by Gasteiger charge is 1.99. The average Bonchev–Trinajstić information content (AvgIpc) is 2.13. The first-order valence-electron chi connectivity index (χ1n) is 2.65. The molecule has 1 aromatic rings. The molecule has 0 aliphatic rings. The molecule has 0 saturated carbocycles. The minimum absolute atomic E-state index is 1.08. The molecule has 1 rings (SSSR count). The van der Waals surface area contributed by atoms with E-state index in [4.69, 9.17) is 0 Å². The summed E-state index contributed by atoms with van der Waals surface area (Å²) in [4.78, 5) is 2.05. The molecule has 0 bridgehead atoms. The van der Waals surface area contributed by atoms with Crippen LogP contribution in [0, 0.1) is 0 Å². The maximum Gasteiger partial charge on any atom is 0.0802 e. The first-order chi connectivity index (χ1) is 4.22. The van der Waals surface area contributed by atoms with Crippen LogP contribution < -0.4 is 4.90 Å². The van der Waals surface area contributed by atoms with Gasteiger partial charge in [0.05, 0.1) is 9.90 Å². The lowest BCUT2D eigenvalue weighted by Crippen LogP contribution is -2.07. The highest BCUT2D eigenvalue weighted by atomic mass is 32.2. The van der Waals surface area contributed by atoms with E-state index in [0.717, 1.165) is 4.21 Å². The third kappa shape index (κ3) is 1.40. The first-order valence-corrected chi connectivity index (χ1v) is 3.98. The summed E-state index contributed by atoms with van der Waals surface area (Å²) < 4.78 is 1.08. The molecular weight excluding hydrogens is 150 g/mol. The Morgan fingerprint density at radius 1 is 1.56 bits per heavy atom. The maximum atomic E-state index is 4.27. The Bertz CT molecular complexity index is 193. The van der Waals surface area contributed by atoms with Crippen molar-refractivity contribution in [1.82, 2.24) is 0 Å². The fourth-order valence-electron chi connectivity index (χ4n) is 0.635. The van der Waals surface area contributed by atoms with Crippen molar-refractivity contribution in [3.63, 3.8) is 0 Å². The van der Waals surface area contributed by atoms with Crippen LogP contribution in [-0.4, -0.2) is 14.1 Å². The van der Waals surface area contributed by atoms with Gasteiger partial charge in [0, 0.05) is 14.1 Å². The highest BCUT2D eigenvalue weighted by molar-refractivity contribution is 7.83. The van der Waals surface area contributed by atoms with Crippen LogP contribution in [0.2, 0.25) is 0 Å². The van der Waals surface area contributed by atoms with Crippen molar-refractivity contribution < 1.29 is 0 Å². The number of rotatable bonds is 1. The van der Waals surface area contributed by atoms with Gasteiger partial charge in [-0.15, -0.1) is 24.0 Å². The van der Waals surface area contributed by atoms with Crippen LogP contribution >= 0.6 is 24.0 Å². The normalized spacial score (nSPS) is 9.67. The fourth-order valence-corrected chi connectivity index (χ4v) is 1.79. The van der Waals surface area contributed by atoms with Gasteiger partial charge >= 0.3 is 0 Å². The van der Waals surface area contributed by atoms with Crippen molar-refractivity contribution >= 4 is 29.7 Å². The van der Waals surface area contributed by atoms with E-state index in [9.17, 15) is 0 Å². The Balaban J connectivity index is 2.94. The Hall–Kier alpha value is -0.150. The van der Waals surface area contributed by atoms with E-state index in [0.29, 0.717) is 0 Å².